The van der Waals surface area contributed by atoms with Crippen LogP contribution in [-0.2, 0) is 16.1 Å². The number of hydrogen-bond acceptors (Lipinski definition) is 5. The molecule has 3 aliphatic rings. The first-order chi connectivity index (χ1) is 16.6. The van der Waals surface area contributed by atoms with Gasteiger partial charge in [0.25, 0.3) is 5.91 Å². The van der Waals surface area contributed by atoms with Crippen molar-refractivity contribution in [2.45, 2.75) is 70.0 Å². The summed E-state index contributed by atoms with van der Waals surface area (Å²) in [6.07, 6.45) is 7.64. The quantitative estimate of drug-likeness (QED) is 0.661. The Kier molecular flexibility index (Phi) is 6.88. The molecule has 0 spiro atoms. The van der Waals surface area contributed by atoms with Crippen molar-refractivity contribution in [1.82, 2.24) is 24.7 Å². The van der Waals surface area contributed by atoms with Gasteiger partial charge < -0.3 is 19.5 Å². The van der Waals surface area contributed by atoms with E-state index in [2.05, 4.69) is 15.2 Å². The minimum atomic E-state index is -0.954. The highest BCUT2D eigenvalue weighted by molar-refractivity contribution is 6.01. The maximum absolute atomic E-state index is 13.8. The standard InChI is InChI=1S/C26H37N5O3/c1-26(25(33)27-20-9-4-2-3-5-10-20)19-30-22-12-7-6-11-21(22)28-23(30)24(32)31(26)14-8-13-29-15-17-34-18-16-29/h6-7,11-12,20H,2-5,8-10,13-19H2,1H3,(H,27,33)/t26-/m1/s1. The summed E-state index contributed by atoms with van der Waals surface area (Å²) in [7, 11) is 0. The number of imidazole rings is 1. The number of amides is 2. The van der Waals surface area contributed by atoms with E-state index in [1.54, 1.807) is 4.90 Å². The number of fused-ring (bicyclic) bond motifs is 3. The lowest BCUT2D eigenvalue weighted by molar-refractivity contribution is -0.133. The van der Waals surface area contributed by atoms with Crippen LogP contribution < -0.4 is 5.32 Å². The molecule has 1 saturated heterocycles. The number of nitrogens with one attached hydrogen (secondary N) is 1. The normalized spacial score (nSPS) is 24.7. The molecule has 1 saturated carbocycles. The van der Waals surface area contributed by atoms with Gasteiger partial charge in [-0.25, -0.2) is 4.98 Å². The number of hydrogen-bond donors (Lipinski definition) is 1. The highest BCUT2D eigenvalue weighted by Gasteiger charge is 2.48. The van der Waals surface area contributed by atoms with E-state index in [9.17, 15) is 9.59 Å². The van der Waals surface area contributed by atoms with Crippen LogP contribution in [0, 0.1) is 0 Å². The first kappa shape index (κ1) is 23.3. The summed E-state index contributed by atoms with van der Waals surface area (Å²) >= 11 is 0. The van der Waals surface area contributed by atoms with E-state index >= 15 is 0 Å². The van der Waals surface area contributed by atoms with Gasteiger partial charge in [0.15, 0.2) is 5.82 Å². The molecule has 2 aromatic rings. The molecular formula is C26H37N5O3. The number of ether oxygens (including phenoxy) is 1. The minimum absolute atomic E-state index is 0.0393. The smallest absolute Gasteiger partial charge is 0.290 e. The van der Waals surface area contributed by atoms with Crippen LogP contribution in [0.5, 0.6) is 0 Å². The van der Waals surface area contributed by atoms with E-state index in [4.69, 9.17) is 4.74 Å². The van der Waals surface area contributed by atoms with Gasteiger partial charge in [0.2, 0.25) is 5.91 Å². The van der Waals surface area contributed by atoms with E-state index in [0.717, 1.165) is 76.0 Å². The average Bonchev–Trinajstić information content (AvgIpc) is 3.02. The number of nitrogens with zero attached hydrogens (tertiary/aromatic N) is 4. The van der Waals surface area contributed by atoms with Crippen LogP contribution in [0.15, 0.2) is 24.3 Å². The number of carbonyl (C=O) groups is 2. The van der Waals surface area contributed by atoms with E-state index in [-0.39, 0.29) is 17.9 Å². The molecule has 1 aromatic heterocycles. The van der Waals surface area contributed by atoms with Gasteiger partial charge in [0, 0.05) is 32.2 Å². The third-order valence-electron chi connectivity index (χ3n) is 7.79. The van der Waals surface area contributed by atoms with Crippen LogP contribution in [0.3, 0.4) is 0 Å². The van der Waals surface area contributed by atoms with Crippen LogP contribution in [0.1, 0.15) is 62.5 Å². The summed E-state index contributed by atoms with van der Waals surface area (Å²) in [4.78, 5) is 36.4. The molecule has 0 radical (unpaired) electrons. The summed E-state index contributed by atoms with van der Waals surface area (Å²) in [5.74, 6) is 0.248. The van der Waals surface area contributed by atoms with Crippen molar-refractivity contribution >= 4 is 22.8 Å². The Balaban J connectivity index is 1.40. The second-order valence-corrected chi connectivity index (χ2v) is 10.2. The molecule has 0 bridgehead atoms. The van der Waals surface area contributed by atoms with Gasteiger partial charge in [-0.15, -0.1) is 0 Å². The Hall–Kier alpha value is -2.45. The lowest BCUT2D eigenvalue weighted by Gasteiger charge is -2.44. The number of benzene rings is 1. The van der Waals surface area contributed by atoms with E-state index in [0.29, 0.717) is 18.9 Å². The number of aromatic nitrogens is 2. The van der Waals surface area contributed by atoms with Crippen molar-refractivity contribution in [2.75, 3.05) is 39.4 Å². The van der Waals surface area contributed by atoms with Crippen molar-refractivity contribution in [3.63, 3.8) is 0 Å². The average molecular weight is 468 g/mol. The van der Waals surface area contributed by atoms with Crippen LogP contribution in [0.2, 0.25) is 0 Å². The van der Waals surface area contributed by atoms with Crippen molar-refractivity contribution < 1.29 is 14.3 Å². The zero-order valence-electron chi connectivity index (χ0n) is 20.3. The fraction of sp³-hybridized carbons (Fsp3) is 0.654. The Morgan fingerprint density at radius 1 is 1.12 bits per heavy atom. The van der Waals surface area contributed by atoms with E-state index in [1.165, 1.54) is 12.8 Å². The first-order valence-electron chi connectivity index (χ1n) is 12.9. The highest BCUT2D eigenvalue weighted by Crippen LogP contribution is 2.31. The monoisotopic (exact) mass is 467 g/mol. The molecule has 2 amide bonds. The number of para-hydroxylation sites is 2. The van der Waals surface area contributed by atoms with Gasteiger partial charge in [0.05, 0.1) is 30.8 Å². The lowest BCUT2D eigenvalue weighted by Crippen LogP contribution is -2.65. The van der Waals surface area contributed by atoms with Gasteiger partial charge in [-0.2, -0.15) is 0 Å². The zero-order valence-corrected chi connectivity index (χ0v) is 20.3. The van der Waals surface area contributed by atoms with Crippen molar-refractivity contribution in [3.8, 4) is 0 Å². The van der Waals surface area contributed by atoms with Gasteiger partial charge in [-0.05, 0) is 38.3 Å². The Morgan fingerprint density at radius 3 is 2.62 bits per heavy atom. The predicted octanol–water partition coefficient (Wildman–Crippen LogP) is 2.81. The molecular weight excluding hydrogens is 430 g/mol. The first-order valence-corrected chi connectivity index (χ1v) is 12.9. The molecule has 34 heavy (non-hydrogen) atoms. The van der Waals surface area contributed by atoms with Gasteiger partial charge in [-0.3, -0.25) is 14.5 Å². The SMILES string of the molecule is C[C@]1(C(=O)NC2CCCCCC2)Cn2c(nc3ccccc32)C(=O)N1CCCN1CCOCC1. The molecule has 0 unspecified atom stereocenters. The van der Waals surface area contributed by atoms with Crippen LogP contribution in [0.25, 0.3) is 11.0 Å². The fourth-order valence-electron chi connectivity index (χ4n) is 5.72. The number of carbonyl (C=O) groups excluding carboxylic acids is 2. The molecule has 2 fully saturated rings. The molecule has 1 aliphatic carbocycles. The second-order valence-electron chi connectivity index (χ2n) is 10.2. The zero-order chi connectivity index (χ0) is 23.5. The van der Waals surface area contributed by atoms with Gasteiger partial charge in [0.1, 0.15) is 5.54 Å². The largest absolute Gasteiger partial charge is 0.379 e. The molecule has 5 rings (SSSR count). The summed E-state index contributed by atoms with van der Waals surface area (Å²) in [6.45, 7) is 7.14. The van der Waals surface area contributed by atoms with Crippen LogP contribution >= 0.6 is 0 Å². The fourth-order valence-corrected chi connectivity index (χ4v) is 5.72. The van der Waals surface area contributed by atoms with Crippen molar-refractivity contribution in [1.29, 1.82) is 0 Å². The molecule has 8 heteroatoms. The van der Waals surface area contributed by atoms with Crippen LogP contribution in [-0.4, -0.2) is 82.1 Å². The third kappa shape index (κ3) is 4.58. The highest BCUT2D eigenvalue weighted by atomic mass is 16.5. The summed E-state index contributed by atoms with van der Waals surface area (Å²) in [5.41, 5.74) is 0.755. The Labute approximate surface area is 201 Å². The summed E-state index contributed by atoms with van der Waals surface area (Å²) in [5, 5.41) is 3.34. The predicted molar refractivity (Wildman–Crippen MR) is 131 cm³/mol. The number of morpholine rings is 1. The van der Waals surface area contributed by atoms with E-state index < -0.39 is 5.54 Å². The topological polar surface area (TPSA) is 79.7 Å². The van der Waals surface area contributed by atoms with Crippen molar-refractivity contribution in [3.05, 3.63) is 30.1 Å². The third-order valence-corrected chi connectivity index (χ3v) is 7.79. The molecule has 1 N–H and O–H groups in total. The maximum atomic E-state index is 13.8. The van der Waals surface area contributed by atoms with Crippen molar-refractivity contribution in [2.24, 2.45) is 0 Å². The molecule has 1 atom stereocenters. The summed E-state index contributed by atoms with van der Waals surface area (Å²) < 4.78 is 7.40. The molecule has 184 valence electrons. The van der Waals surface area contributed by atoms with E-state index in [1.807, 2.05) is 35.8 Å². The summed E-state index contributed by atoms with van der Waals surface area (Å²) in [6, 6.07) is 8.00. The molecule has 8 nitrogen and oxygen atoms in total. The number of rotatable bonds is 6. The van der Waals surface area contributed by atoms with Gasteiger partial charge >= 0.3 is 0 Å². The molecule has 2 aliphatic heterocycles. The van der Waals surface area contributed by atoms with Gasteiger partial charge in [-0.1, -0.05) is 37.8 Å². The lowest BCUT2D eigenvalue weighted by atomic mass is 9.93. The maximum Gasteiger partial charge on any atom is 0.290 e. The Morgan fingerprint density at radius 2 is 1.85 bits per heavy atom. The Bertz CT molecular complexity index is 1020. The minimum Gasteiger partial charge on any atom is -0.379 e. The van der Waals surface area contributed by atoms with Crippen LogP contribution in [0.4, 0.5) is 0 Å². The molecule has 3 heterocycles. The molecule has 1 aromatic carbocycles. The second kappa shape index (κ2) is 10.0.